The molecule has 1 aromatic rings. The third-order valence-corrected chi connectivity index (χ3v) is 2.14. The summed E-state index contributed by atoms with van der Waals surface area (Å²) in [5.41, 5.74) is 5.68. The molecule has 0 aliphatic heterocycles. The van der Waals surface area contributed by atoms with Crippen LogP contribution in [0.3, 0.4) is 0 Å². The number of halogens is 2. The van der Waals surface area contributed by atoms with E-state index < -0.39 is 0 Å². The third-order valence-electron chi connectivity index (χ3n) is 1.65. The van der Waals surface area contributed by atoms with Crippen LogP contribution in [-0.4, -0.2) is 11.5 Å². The van der Waals surface area contributed by atoms with E-state index in [0.717, 1.165) is 4.47 Å². The Bertz CT molecular complexity index is 410. The molecule has 0 fully saturated rings. The number of hydrogen-bond donors (Lipinski definition) is 2. The summed E-state index contributed by atoms with van der Waals surface area (Å²) in [6.07, 6.45) is 0. The van der Waals surface area contributed by atoms with E-state index in [9.17, 15) is 4.39 Å². The van der Waals surface area contributed by atoms with Gasteiger partial charge in [-0.05, 0) is 39.0 Å². The lowest BCUT2D eigenvalue weighted by atomic mass is 10.1. The Hall–Kier alpha value is -1.10. The van der Waals surface area contributed by atoms with Gasteiger partial charge in [0, 0.05) is 4.47 Å². The molecule has 0 heterocycles. The predicted molar refractivity (Wildman–Crippen MR) is 69.1 cm³/mol. The van der Waals surface area contributed by atoms with Gasteiger partial charge in [0.05, 0.1) is 11.2 Å². The molecule has 3 N–H and O–H groups in total. The second-order valence-electron chi connectivity index (χ2n) is 4.42. The second kappa shape index (κ2) is 4.82. The van der Waals surface area contributed by atoms with E-state index in [4.69, 9.17) is 5.73 Å². The summed E-state index contributed by atoms with van der Waals surface area (Å²) in [5.74, 6) is -0.167. The van der Waals surface area contributed by atoms with Crippen molar-refractivity contribution in [3.63, 3.8) is 0 Å². The number of nitrogens with one attached hydrogen (secondary N) is 1. The summed E-state index contributed by atoms with van der Waals surface area (Å²) >= 11 is 3.26. The minimum Gasteiger partial charge on any atom is -0.370 e. The lowest BCUT2D eigenvalue weighted by Crippen LogP contribution is -2.27. The van der Waals surface area contributed by atoms with E-state index in [0.29, 0.717) is 5.69 Å². The summed E-state index contributed by atoms with van der Waals surface area (Å²) in [6, 6.07) is 4.59. The summed E-state index contributed by atoms with van der Waals surface area (Å²) in [7, 11) is 0. The summed E-state index contributed by atoms with van der Waals surface area (Å²) < 4.78 is 14.1. The molecular formula is C11H15BrFN3. The molecule has 0 aliphatic rings. The van der Waals surface area contributed by atoms with Crippen LogP contribution in [0.1, 0.15) is 20.8 Å². The van der Waals surface area contributed by atoms with Crippen LogP contribution in [0.4, 0.5) is 10.1 Å². The molecule has 1 aromatic carbocycles. The Balaban J connectivity index is 2.89. The Morgan fingerprint density at radius 3 is 2.62 bits per heavy atom. The van der Waals surface area contributed by atoms with Gasteiger partial charge in [-0.25, -0.2) is 9.38 Å². The molecule has 0 amide bonds. The standard InChI is InChI=1S/C11H15BrFN3/c1-11(2,3)16-10(14)15-9-6-7(12)4-5-8(9)13/h4-6H,1-3H3,(H3,14,15,16). The van der Waals surface area contributed by atoms with E-state index in [1.165, 1.54) is 6.07 Å². The van der Waals surface area contributed by atoms with Crippen molar-refractivity contribution in [1.82, 2.24) is 0 Å². The van der Waals surface area contributed by atoms with Crippen molar-refractivity contribution in [2.75, 3.05) is 5.32 Å². The molecular weight excluding hydrogens is 273 g/mol. The number of nitrogens with two attached hydrogens (primary N) is 1. The molecule has 0 atom stereocenters. The van der Waals surface area contributed by atoms with Gasteiger partial charge in [0.25, 0.3) is 0 Å². The first-order valence-electron chi connectivity index (χ1n) is 4.85. The number of guanidine groups is 1. The van der Waals surface area contributed by atoms with Gasteiger partial charge >= 0.3 is 0 Å². The number of aliphatic imine (C=N–C) groups is 1. The number of benzene rings is 1. The van der Waals surface area contributed by atoms with Gasteiger partial charge in [0.1, 0.15) is 5.82 Å². The number of nitrogens with zero attached hydrogens (tertiary/aromatic N) is 1. The van der Waals surface area contributed by atoms with Gasteiger partial charge in [-0.3, -0.25) is 0 Å². The molecule has 0 aliphatic carbocycles. The Kier molecular flexibility index (Phi) is 3.91. The van der Waals surface area contributed by atoms with E-state index in [2.05, 4.69) is 26.2 Å². The fraction of sp³-hybridized carbons (Fsp3) is 0.364. The lowest BCUT2D eigenvalue weighted by Gasteiger charge is -2.14. The van der Waals surface area contributed by atoms with Crippen LogP contribution in [0.2, 0.25) is 0 Å². The van der Waals surface area contributed by atoms with Crippen LogP contribution >= 0.6 is 15.9 Å². The quantitative estimate of drug-likeness (QED) is 0.616. The first kappa shape index (κ1) is 13.0. The molecule has 0 bridgehead atoms. The third kappa shape index (κ3) is 4.18. The monoisotopic (exact) mass is 287 g/mol. The van der Waals surface area contributed by atoms with Crippen molar-refractivity contribution in [2.24, 2.45) is 10.7 Å². The highest BCUT2D eigenvalue weighted by Crippen LogP contribution is 2.20. The zero-order valence-corrected chi connectivity index (χ0v) is 11.1. The zero-order valence-electron chi connectivity index (χ0n) is 9.51. The highest BCUT2D eigenvalue weighted by atomic mass is 79.9. The fourth-order valence-corrected chi connectivity index (χ4v) is 1.48. The minimum atomic E-state index is -0.366. The normalized spacial score (nSPS) is 12.7. The molecule has 0 spiro atoms. The van der Waals surface area contributed by atoms with Crippen molar-refractivity contribution in [3.8, 4) is 0 Å². The van der Waals surface area contributed by atoms with Crippen molar-refractivity contribution >= 4 is 27.6 Å². The van der Waals surface area contributed by atoms with Gasteiger partial charge < -0.3 is 11.1 Å². The lowest BCUT2D eigenvalue weighted by molar-refractivity contribution is 0.582. The zero-order chi connectivity index (χ0) is 12.3. The number of hydrogen-bond acceptors (Lipinski definition) is 1. The van der Waals surface area contributed by atoms with Crippen LogP contribution in [-0.2, 0) is 0 Å². The fourth-order valence-electron chi connectivity index (χ4n) is 1.12. The molecule has 0 unspecified atom stereocenters. The van der Waals surface area contributed by atoms with E-state index in [-0.39, 0.29) is 17.3 Å². The van der Waals surface area contributed by atoms with Gasteiger partial charge in [0.15, 0.2) is 5.96 Å². The molecule has 1 rings (SSSR count). The first-order valence-corrected chi connectivity index (χ1v) is 5.64. The Labute approximate surface area is 103 Å². The van der Waals surface area contributed by atoms with Crippen LogP contribution in [0.25, 0.3) is 0 Å². The smallest absolute Gasteiger partial charge is 0.193 e. The summed E-state index contributed by atoms with van der Waals surface area (Å²) in [5, 5.41) is 2.73. The van der Waals surface area contributed by atoms with Crippen LogP contribution in [0, 0.1) is 5.82 Å². The average Bonchev–Trinajstić information content (AvgIpc) is 2.08. The Morgan fingerprint density at radius 1 is 1.44 bits per heavy atom. The van der Waals surface area contributed by atoms with Gasteiger partial charge in [-0.1, -0.05) is 15.9 Å². The number of anilines is 1. The van der Waals surface area contributed by atoms with Gasteiger partial charge in [-0.15, -0.1) is 0 Å². The molecule has 88 valence electrons. The first-order chi connectivity index (χ1) is 7.28. The van der Waals surface area contributed by atoms with E-state index in [1.54, 1.807) is 12.1 Å². The van der Waals surface area contributed by atoms with Crippen molar-refractivity contribution in [1.29, 1.82) is 0 Å². The SMILES string of the molecule is CC(C)(C)N=C(N)Nc1cc(Br)ccc1F. The maximum atomic E-state index is 13.4. The van der Waals surface area contributed by atoms with Crippen molar-refractivity contribution < 1.29 is 4.39 Å². The summed E-state index contributed by atoms with van der Waals surface area (Å²) in [6.45, 7) is 5.75. The average molecular weight is 288 g/mol. The molecule has 0 saturated carbocycles. The highest BCUT2D eigenvalue weighted by Gasteiger charge is 2.09. The maximum Gasteiger partial charge on any atom is 0.193 e. The van der Waals surface area contributed by atoms with Crippen LogP contribution in [0.5, 0.6) is 0 Å². The maximum absolute atomic E-state index is 13.4. The molecule has 3 nitrogen and oxygen atoms in total. The van der Waals surface area contributed by atoms with Crippen molar-refractivity contribution in [3.05, 3.63) is 28.5 Å². The molecule has 0 aromatic heterocycles. The highest BCUT2D eigenvalue weighted by molar-refractivity contribution is 9.10. The van der Waals surface area contributed by atoms with E-state index in [1.807, 2.05) is 20.8 Å². The summed E-state index contributed by atoms with van der Waals surface area (Å²) in [4.78, 5) is 4.18. The van der Waals surface area contributed by atoms with E-state index >= 15 is 0 Å². The molecule has 0 radical (unpaired) electrons. The molecule has 0 saturated heterocycles. The Morgan fingerprint density at radius 2 is 2.06 bits per heavy atom. The topological polar surface area (TPSA) is 50.4 Å². The molecule has 5 heteroatoms. The second-order valence-corrected chi connectivity index (χ2v) is 5.33. The van der Waals surface area contributed by atoms with Crippen LogP contribution in [0.15, 0.2) is 27.7 Å². The van der Waals surface area contributed by atoms with Gasteiger partial charge in [0.2, 0.25) is 0 Å². The number of rotatable bonds is 1. The van der Waals surface area contributed by atoms with Gasteiger partial charge in [-0.2, -0.15) is 0 Å². The van der Waals surface area contributed by atoms with Crippen LogP contribution < -0.4 is 11.1 Å². The largest absolute Gasteiger partial charge is 0.370 e. The predicted octanol–water partition coefficient (Wildman–Crippen LogP) is 3.11. The van der Waals surface area contributed by atoms with Crippen molar-refractivity contribution in [2.45, 2.75) is 26.3 Å². The molecule has 16 heavy (non-hydrogen) atoms. The minimum absolute atomic E-state index is 0.199.